The van der Waals surface area contributed by atoms with Crippen LogP contribution < -0.4 is 5.49 Å². The Kier molecular flexibility index (Phi) is 5.05. The number of nitrogens with zero attached hydrogens (tertiary/aromatic N) is 6. The molecule has 0 saturated heterocycles. The molecule has 0 bridgehead atoms. The standard InChI is InChI=1S/C15H15ClN6O2S/c1-9-6-12(18-15(23)24-2)22-14(19-13(20-22)25-3)21(9)8-10-4-5-11(16)17-7-10/h4-7H,8H2,1-3H3/b18-12+. The van der Waals surface area contributed by atoms with Gasteiger partial charge in [0.25, 0.3) is 0 Å². The van der Waals surface area contributed by atoms with Crippen LogP contribution in [0.3, 0.4) is 0 Å². The van der Waals surface area contributed by atoms with Crippen LogP contribution in [0.5, 0.6) is 0 Å². The van der Waals surface area contributed by atoms with Crippen LogP contribution >= 0.6 is 23.4 Å². The molecule has 0 atom stereocenters. The quantitative estimate of drug-likeness (QED) is 0.513. The number of ether oxygens (including phenoxy) is 1. The van der Waals surface area contributed by atoms with E-state index in [1.807, 2.05) is 23.8 Å². The number of carbonyl (C=O) groups is 1. The van der Waals surface area contributed by atoms with Crippen molar-refractivity contribution < 1.29 is 9.53 Å². The molecular weight excluding hydrogens is 364 g/mol. The minimum Gasteiger partial charge on any atom is -0.451 e. The Bertz CT molecular complexity index is 996. The Labute approximate surface area is 152 Å². The van der Waals surface area contributed by atoms with Gasteiger partial charge >= 0.3 is 6.09 Å². The van der Waals surface area contributed by atoms with Crippen molar-refractivity contribution >= 4 is 35.2 Å². The fraction of sp³-hybridized carbons (Fsp3) is 0.267. The minimum atomic E-state index is -0.693. The molecule has 25 heavy (non-hydrogen) atoms. The number of thioether (sulfide) groups is 1. The van der Waals surface area contributed by atoms with Gasteiger partial charge in [0.05, 0.1) is 13.7 Å². The zero-order valence-corrected chi connectivity index (χ0v) is 15.4. The Morgan fingerprint density at radius 2 is 2.24 bits per heavy atom. The number of hydrogen-bond acceptors (Lipinski definition) is 6. The van der Waals surface area contributed by atoms with Gasteiger partial charge in [0.2, 0.25) is 10.9 Å². The molecule has 3 aromatic heterocycles. The van der Waals surface area contributed by atoms with Crippen LogP contribution in [0, 0.1) is 6.92 Å². The summed E-state index contributed by atoms with van der Waals surface area (Å²) < 4.78 is 8.11. The summed E-state index contributed by atoms with van der Waals surface area (Å²) in [5.74, 6) is 0.571. The minimum absolute atomic E-state index is 0.359. The van der Waals surface area contributed by atoms with Crippen molar-refractivity contribution in [3.8, 4) is 0 Å². The zero-order chi connectivity index (χ0) is 18.0. The molecule has 10 heteroatoms. The molecule has 0 spiro atoms. The van der Waals surface area contributed by atoms with Gasteiger partial charge in [0.15, 0.2) is 5.49 Å². The molecule has 0 saturated carbocycles. The predicted molar refractivity (Wildman–Crippen MR) is 93.8 cm³/mol. The van der Waals surface area contributed by atoms with Crippen molar-refractivity contribution in [3.05, 3.63) is 46.3 Å². The molecule has 3 heterocycles. The molecule has 0 aliphatic heterocycles. The lowest BCUT2D eigenvalue weighted by Gasteiger charge is -2.12. The lowest BCUT2D eigenvalue weighted by Crippen LogP contribution is -2.23. The van der Waals surface area contributed by atoms with Crippen LogP contribution in [0.1, 0.15) is 11.3 Å². The number of fused-ring (bicyclic) bond motifs is 1. The average Bonchev–Trinajstić information content (AvgIpc) is 3.04. The van der Waals surface area contributed by atoms with E-state index in [0.29, 0.717) is 28.1 Å². The first-order valence-corrected chi connectivity index (χ1v) is 8.86. The van der Waals surface area contributed by atoms with E-state index in [4.69, 9.17) is 11.6 Å². The number of aryl methyl sites for hydroxylation is 1. The maximum absolute atomic E-state index is 11.5. The van der Waals surface area contributed by atoms with Crippen molar-refractivity contribution in [1.82, 2.24) is 24.1 Å². The number of hydrogen-bond donors (Lipinski definition) is 0. The van der Waals surface area contributed by atoms with E-state index < -0.39 is 6.09 Å². The summed E-state index contributed by atoms with van der Waals surface area (Å²) in [7, 11) is 1.28. The van der Waals surface area contributed by atoms with Crippen molar-refractivity contribution in [1.29, 1.82) is 0 Å². The van der Waals surface area contributed by atoms with Gasteiger partial charge in [-0.15, -0.1) is 5.10 Å². The van der Waals surface area contributed by atoms with Gasteiger partial charge in [-0.1, -0.05) is 29.4 Å². The Balaban J connectivity index is 2.19. The fourth-order valence-electron chi connectivity index (χ4n) is 2.28. The lowest BCUT2D eigenvalue weighted by molar-refractivity contribution is 0.181. The first-order chi connectivity index (χ1) is 12.0. The highest BCUT2D eigenvalue weighted by molar-refractivity contribution is 7.98. The van der Waals surface area contributed by atoms with E-state index in [0.717, 1.165) is 11.3 Å². The first kappa shape index (κ1) is 17.4. The topological polar surface area (TPSA) is 86.7 Å². The molecule has 130 valence electrons. The summed E-state index contributed by atoms with van der Waals surface area (Å²) in [6.45, 7) is 2.44. The summed E-state index contributed by atoms with van der Waals surface area (Å²) in [5.41, 5.74) is 2.19. The maximum atomic E-state index is 11.5. The molecule has 0 aromatic carbocycles. The summed E-state index contributed by atoms with van der Waals surface area (Å²) in [6, 6.07) is 5.39. The predicted octanol–water partition coefficient (Wildman–Crippen LogP) is 2.32. The van der Waals surface area contributed by atoms with E-state index in [1.54, 1.807) is 18.3 Å². The summed E-state index contributed by atoms with van der Waals surface area (Å²) >= 11 is 7.25. The number of methoxy groups -OCH3 is 1. The monoisotopic (exact) mass is 378 g/mol. The van der Waals surface area contributed by atoms with Crippen LogP contribution in [-0.4, -0.2) is 43.6 Å². The molecular formula is C15H15ClN6O2S. The second-order valence-electron chi connectivity index (χ2n) is 5.11. The highest BCUT2D eigenvalue weighted by Gasteiger charge is 2.12. The normalized spacial score (nSPS) is 11.9. The third-order valence-electron chi connectivity index (χ3n) is 3.49. The van der Waals surface area contributed by atoms with Crippen LogP contribution in [0.2, 0.25) is 5.15 Å². The maximum Gasteiger partial charge on any atom is 0.435 e. The van der Waals surface area contributed by atoms with E-state index in [2.05, 4.69) is 24.8 Å². The molecule has 3 rings (SSSR count). The summed E-state index contributed by atoms with van der Waals surface area (Å²) in [4.78, 5) is 24.1. The van der Waals surface area contributed by atoms with Gasteiger partial charge < -0.3 is 9.30 Å². The number of halogens is 1. The molecule has 0 fully saturated rings. The third kappa shape index (κ3) is 3.67. The smallest absolute Gasteiger partial charge is 0.435 e. The number of carbonyl (C=O) groups excluding carboxylic acids is 1. The van der Waals surface area contributed by atoms with Crippen LogP contribution in [0.25, 0.3) is 5.78 Å². The van der Waals surface area contributed by atoms with Gasteiger partial charge in [-0.25, -0.2) is 9.78 Å². The average molecular weight is 379 g/mol. The molecule has 1 amide bonds. The largest absolute Gasteiger partial charge is 0.451 e. The van der Waals surface area contributed by atoms with E-state index in [1.165, 1.54) is 23.4 Å². The number of pyridine rings is 1. The van der Waals surface area contributed by atoms with E-state index in [9.17, 15) is 4.79 Å². The second kappa shape index (κ2) is 7.24. The SMILES string of the molecule is COC(=O)/N=c1\cc(C)n(Cc2ccc(Cl)nc2)c2nc(SC)nn12. The third-order valence-corrected chi connectivity index (χ3v) is 4.25. The highest BCUT2D eigenvalue weighted by atomic mass is 35.5. The van der Waals surface area contributed by atoms with Crippen LogP contribution in [-0.2, 0) is 11.3 Å². The van der Waals surface area contributed by atoms with Crippen molar-refractivity contribution in [2.75, 3.05) is 13.4 Å². The molecule has 0 aliphatic carbocycles. The molecule has 0 radical (unpaired) electrons. The number of amides is 1. The second-order valence-corrected chi connectivity index (χ2v) is 6.27. The Morgan fingerprint density at radius 1 is 1.44 bits per heavy atom. The van der Waals surface area contributed by atoms with E-state index >= 15 is 0 Å². The Hall–Kier alpha value is -2.39. The van der Waals surface area contributed by atoms with Crippen LogP contribution in [0.15, 0.2) is 34.5 Å². The van der Waals surface area contributed by atoms with Gasteiger partial charge in [-0.3, -0.25) is 0 Å². The summed E-state index contributed by atoms with van der Waals surface area (Å²) in [6.07, 6.45) is 2.90. The zero-order valence-electron chi connectivity index (χ0n) is 13.8. The van der Waals surface area contributed by atoms with Crippen molar-refractivity contribution in [2.45, 2.75) is 18.6 Å². The Morgan fingerprint density at radius 3 is 2.88 bits per heavy atom. The van der Waals surface area contributed by atoms with Gasteiger partial charge in [0.1, 0.15) is 5.15 Å². The number of rotatable bonds is 3. The lowest BCUT2D eigenvalue weighted by atomic mass is 10.2. The fourth-order valence-corrected chi connectivity index (χ4v) is 2.73. The van der Waals surface area contributed by atoms with Crippen molar-refractivity contribution in [2.24, 2.45) is 4.99 Å². The van der Waals surface area contributed by atoms with E-state index in [-0.39, 0.29) is 0 Å². The van der Waals surface area contributed by atoms with Crippen molar-refractivity contribution in [3.63, 3.8) is 0 Å². The molecule has 0 unspecified atom stereocenters. The first-order valence-electron chi connectivity index (χ1n) is 7.26. The molecule has 3 aromatic rings. The molecule has 8 nitrogen and oxygen atoms in total. The molecule has 0 aliphatic rings. The molecule has 0 N–H and O–H groups in total. The van der Waals surface area contributed by atoms with Crippen LogP contribution in [0.4, 0.5) is 4.79 Å². The highest BCUT2D eigenvalue weighted by Crippen LogP contribution is 2.14. The summed E-state index contributed by atoms with van der Waals surface area (Å²) in [5, 5.41) is 5.40. The number of aromatic nitrogens is 5. The van der Waals surface area contributed by atoms with Gasteiger partial charge in [0, 0.05) is 18.0 Å². The van der Waals surface area contributed by atoms with Gasteiger partial charge in [-0.2, -0.15) is 14.5 Å². The van der Waals surface area contributed by atoms with Gasteiger partial charge in [-0.05, 0) is 24.8 Å².